The van der Waals surface area contributed by atoms with E-state index in [1.54, 1.807) is 0 Å². The smallest absolute Gasteiger partial charge is 0.251 e. The molecule has 1 saturated carbocycles. The van der Waals surface area contributed by atoms with E-state index in [2.05, 4.69) is 15.3 Å². The minimum absolute atomic E-state index is 0.0288. The fourth-order valence-corrected chi connectivity index (χ4v) is 3.90. The summed E-state index contributed by atoms with van der Waals surface area (Å²) in [5, 5.41) is 7.54. The topological polar surface area (TPSA) is 59.4 Å². The van der Waals surface area contributed by atoms with Crippen molar-refractivity contribution in [2.24, 2.45) is 0 Å². The Hall–Kier alpha value is -2.34. The van der Waals surface area contributed by atoms with E-state index in [0.29, 0.717) is 6.04 Å². The number of amides is 1. The maximum Gasteiger partial charge on any atom is 0.251 e. The number of rotatable bonds is 4. The molecule has 6 nitrogen and oxygen atoms in total. The molecule has 26 heavy (non-hydrogen) atoms. The molecule has 1 aromatic carbocycles. The number of carbonyl (C=O) groups is 1. The largest absolute Gasteiger partial charge is 0.378 e. The van der Waals surface area contributed by atoms with Crippen molar-refractivity contribution in [3.05, 3.63) is 48.3 Å². The van der Waals surface area contributed by atoms with Gasteiger partial charge in [-0.2, -0.15) is 5.10 Å². The molecule has 2 aliphatic rings. The van der Waals surface area contributed by atoms with Gasteiger partial charge in [0, 0.05) is 42.8 Å². The first-order chi connectivity index (χ1) is 12.8. The highest BCUT2D eigenvalue weighted by Gasteiger charge is 2.24. The van der Waals surface area contributed by atoms with Gasteiger partial charge in [-0.1, -0.05) is 0 Å². The van der Waals surface area contributed by atoms with Crippen LogP contribution in [0.15, 0.2) is 42.7 Å². The standard InChI is InChI=1S/C20H26N4O2/c25-20(16-2-6-18(7-3-16)23-12-14-26-15-13-23)22-17-4-8-19(9-5-17)24-11-1-10-21-24/h1-3,6-7,10-11,17,19H,4-5,8-9,12-15H2,(H,22,25). The van der Waals surface area contributed by atoms with Gasteiger partial charge in [-0.05, 0) is 56.0 Å². The monoisotopic (exact) mass is 354 g/mol. The average molecular weight is 354 g/mol. The van der Waals surface area contributed by atoms with Crippen LogP contribution in [0.3, 0.4) is 0 Å². The number of nitrogens with one attached hydrogen (secondary N) is 1. The second-order valence-electron chi connectivity index (χ2n) is 7.11. The molecule has 1 amide bonds. The van der Waals surface area contributed by atoms with Crippen molar-refractivity contribution in [1.82, 2.24) is 15.1 Å². The van der Waals surface area contributed by atoms with Crippen molar-refractivity contribution in [3.63, 3.8) is 0 Å². The first-order valence-corrected chi connectivity index (χ1v) is 9.52. The van der Waals surface area contributed by atoms with Gasteiger partial charge in [0.25, 0.3) is 5.91 Å². The highest BCUT2D eigenvalue weighted by molar-refractivity contribution is 5.94. The van der Waals surface area contributed by atoms with Gasteiger partial charge >= 0.3 is 0 Å². The summed E-state index contributed by atoms with van der Waals surface area (Å²) in [6.45, 7) is 3.35. The Kier molecular flexibility index (Phi) is 5.20. The van der Waals surface area contributed by atoms with Gasteiger partial charge in [0.15, 0.2) is 0 Å². The van der Waals surface area contributed by atoms with Crippen LogP contribution in [0.4, 0.5) is 5.69 Å². The number of benzene rings is 1. The van der Waals surface area contributed by atoms with Crippen molar-refractivity contribution < 1.29 is 9.53 Å². The zero-order chi connectivity index (χ0) is 17.8. The summed E-state index contributed by atoms with van der Waals surface area (Å²) in [4.78, 5) is 14.8. The van der Waals surface area contributed by atoms with E-state index in [9.17, 15) is 4.79 Å². The second kappa shape index (κ2) is 7.91. The number of anilines is 1. The third-order valence-corrected chi connectivity index (χ3v) is 5.44. The molecule has 2 fully saturated rings. The zero-order valence-corrected chi connectivity index (χ0v) is 15.0. The van der Waals surface area contributed by atoms with E-state index in [1.807, 2.05) is 47.4 Å². The van der Waals surface area contributed by atoms with E-state index in [0.717, 1.165) is 63.2 Å². The molecule has 2 heterocycles. The third-order valence-electron chi connectivity index (χ3n) is 5.44. The fraction of sp³-hybridized carbons (Fsp3) is 0.500. The van der Waals surface area contributed by atoms with E-state index in [4.69, 9.17) is 4.74 Å². The lowest BCUT2D eigenvalue weighted by molar-refractivity contribution is 0.0921. The summed E-state index contributed by atoms with van der Waals surface area (Å²) in [5.41, 5.74) is 1.89. The molecule has 0 spiro atoms. The minimum atomic E-state index is 0.0288. The fourth-order valence-electron chi connectivity index (χ4n) is 3.90. The number of ether oxygens (including phenoxy) is 1. The molecule has 0 unspecified atom stereocenters. The van der Waals surface area contributed by atoms with Crippen molar-refractivity contribution in [1.29, 1.82) is 0 Å². The molecule has 2 aromatic rings. The first-order valence-electron chi connectivity index (χ1n) is 9.52. The van der Waals surface area contributed by atoms with Crippen molar-refractivity contribution in [2.75, 3.05) is 31.2 Å². The Bertz CT molecular complexity index is 700. The number of morpholine rings is 1. The molecule has 1 aliphatic heterocycles. The van der Waals surface area contributed by atoms with E-state index in [-0.39, 0.29) is 11.9 Å². The van der Waals surface area contributed by atoms with Crippen molar-refractivity contribution in [3.8, 4) is 0 Å². The number of nitrogens with zero attached hydrogens (tertiary/aromatic N) is 3. The second-order valence-corrected chi connectivity index (χ2v) is 7.11. The maximum absolute atomic E-state index is 12.5. The Morgan fingerprint density at radius 3 is 2.46 bits per heavy atom. The maximum atomic E-state index is 12.5. The average Bonchev–Trinajstić information content (AvgIpc) is 3.24. The highest BCUT2D eigenvalue weighted by atomic mass is 16.5. The molecular formula is C20H26N4O2. The summed E-state index contributed by atoms with van der Waals surface area (Å²) in [6, 6.07) is 10.6. The molecule has 1 aliphatic carbocycles. The molecule has 138 valence electrons. The van der Waals surface area contributed by atoms with Crippen molar-refractivity contribution >= 4 is 11.6 Å². The molecule has 4 rings (SSSR count). The zero-order valence-electron chi connectivity index (χ0n) is 15.0. The van der Waals surface area contributed by atoms with Crippen LogP contribution in [0.1, 0.15) is 42.1 Å². The van der Waals surface area contributed by atoms with Crippen LogP contribution in [-0.4, -0.2) is 48.0 Å². The van der Waals surface area contributed by atoms with Gasteiger partial charge in [-0.3, -0.25) is 9.48 Å². The molecule has 0 radical (unpaired) electrons. The highest BCUT2D eigenvalue weighted by Crippen LogP contribution is 2.28. The summed E-state index contributed by atoms with van der Waals surface area (Å²) in [5.74, 6) is 0.0288. The molecule has 6 heteroatoms. The molecular weight excluding hydrogens is 328 g/mol. The number of aromatic nitrogens is 2. The van der Waals surface area contributed by atoms with Gasteiger partial charge < -0.3 is 15.0 Å². The number of hydrogen-bond acceptors (Lipinski definition) is 4. The van der Waals surface area contributed by atoms with Gasteiger partial charge in [0.05, 0.1) is 19.3 Å². The van der Waals surface area contributed by atoms with Crippen LogP contribution < -0.4 is 10.2 Å². The summed E-state index contributed by atoms with van der Waals surface area (Å²) in [7, 11) is 0. The normalized spacial score (nSPS) is 23.6. The summed E-state index contributed by atoms with van der Waals surface area (Å²) < 4.78 is 7.43. The first kappa shape index (κ1) is 17.1. The molecule has 1 N–H and O–H groups in total. The number of hydrogen-bond donors (Lipinski definition) is 1. The molecule has 1 saturated heterocycles. The van der Waals surface area contributed by atoms with Crippen LogP contribution in [0, 0.1) is 0 Å². The predicted octanol–water partition coefficient (Wildman–Crippen LogP) is 2.63. The lowest BCUT2D eigenvalue weighted by Gasteiger charge is -2.30. The van der Waals surface area contributed by atoms with Crippen LogP contribution in [0.25, 0.3) is 0 Å². The lowest BCUT2D eigenvalue weighted by Crippen LogP contribution is -2.38. The summed E-state index contributed by atoms with van der Waals surface area (Å²) in [6.07, 6.45) is 7.98. The summed E-state index contributed by atoms with van der Waals surface area (Å²) >= 11 is 0. The lowest BCUT2D eigenvalue weighted by atomic mass is 9.91. The Morgan fingerprint density at radius 2 is 1.81 bits per heavy atom. The third kappa shape index (κ3) is 3.90. The molecule has 0 atom stereocenters. The van der Waals surface area contributed by atoms with Crippen LogP contribution in [0.2, 0.25) is 0 Å². The van der Waals surface area contributed by atoms with E-state index >= 15 is 0 Å². The van der Waals surface area contributed by atoms with Crippen molar-refractivity contribution in [2.45, 2.75) is 37.8 Å². The van der Waals surface area contributed by atoms with Crippen LogP contribution in [-0.2, 0) is 4.74 Å². The quantitative estimate of drug-likeness (QED) is 0.917. The van der Waals surface area contributed by atoms with E-state index < -0.39 is 0 Å². The van der Waals surface area contributed by atoms with E-state index in [1.165, 1.54) is 0 Å². The minimum Gasteiger partial charge on any atom is -0.378 e. The van der Waals surface area contributed by atoms with Gasteiger partial charge in [-0.15, -0.1) is 0 Å². The Morgan fingerprint density at radius 1 is 1.08 bits per heavy atom. The molecule has 1 aromatic heterocycles. The number of carbonyl (C=O) groups excluding carboxylic acids is 1. The Balaban J connectivity index is 1.29. The van der Waals surface area contributed by atoms with Crippen LogP contribution >= 0.6 is 0 Å². The van der Waals surface area contributed by atoms with Gasteiger partial charge in [0.2, 0.25) is 0 Å². The SMILES string of the molecule is O=C(NC1CCC(n2cccn2)CC1)c1ccc(N2CCOCC2)cc1. The van der Waals surface area contributed by atoms with Gasteiger partial charge in [0.1, 0.15) is 0 Å². The van der Waals surface area contributed by atoms with Crippen LogP contribution in [0.5, 0.6) is 0 Å². The molecule has 0 bridgehead atoms. The predicted molar refractivity (Wildman–Crippen MR) is 100 cm³/mol. The van der Waals surface area contributed by atoms with Gasteiger partial charge in [-0.25, -0.2) is 0 Å². The Labute approximate surface area is 154 Å².